The minimum atomic E-state index is 0.708. The van der Waals surface area contributed by atoms with Crippen LogP contribution in [-0.2, 0) is 0 Å². The Morgan fingerprint density at radius 1 is 0.303 bits per heavy atom. The predicted octanol–water partition coefficient (Wildman–Crippen LogP) is 18.5. The molecule has 0 N–H and O–H groups in total. The standard InChI is InChI=1S/C66H60/c1-5-15-53(16-6-1)55-37-41-59(42-38-55)65(57-19-9-3-10-20-57)45-51-29-25-49(26-30-51)33-35-63-47-61-23-13-14-24-62(61)48-64(63)36-34-50-27-31-52(32-28-50)46-66(58-21-11-4-12-22-58)60-43-39-56(40-44-60)54-17-7-2-8-18-54/h3-4,9-14,19-48,53-54H,1-2,5-8,15-18H2. The van der Waals surface area contributed by atoms with Crippen LogP contribution in [0.2, 0.25) is 0 Å². The highest BCUT2D eigenvalue weighted by Gasteiger charge is 2.17. The topological polar surface area (TPSA) is 0 Å². The molecule has 2 aliphatic rings. The molecule has 0 atom stereocenters. The fraction of sp³-hybridized carbons (Fsp3) is 0.182. The van der Waals surface area contributed by atoms with E-state index >= 15 is 0 Å². The van der Waals surface area contributed by atoms with Crippen molar-refractivity contribution in [2.45, 2.75) is 76.0 Å². The Labute approximate surface area is 393 Å². The first-order chi connectivity index (χ1) is 32.7. The van der Waals surface area contributed by atoms with Gasteiger partial charge in [-0.25, -0.2) is 0 Å². The lowest BCUT2D eigenvalue weighted by molar-refractivity contribution is 0.443. The number of rotatable bonds is 12. The van der Waals surface area contributed by atoms with E-state index in [0.717, 1.165) is 0 Å². The largest absolute Gasteiger partial charge is 0.0622 e. The van der Waals surface area contributed by atoms with Crippen molar-refractivity contribution in [2.24, 2.45) is 0 Å². The number of fused-ring (bicyclic) bond motifs is 1. The van der Waals surface area contributed by atoms with Crippen molar-refractivity contribution in [1.29, 1.82) is 0 Å². The molecule has 8 aromatic rings. The van der Waals surface area contributed by atoms with E-state index in [1.54, 1.807) is 0 Å². The maximum absolute atomic E-state index is 2.37. The van der Waals surface area contributed by atoms with Gasteiger partial charge in [-0.2, -0.15) is 0 Å². The quantitative estimate of drug-likeness (QED) is 0.107. The lowest BCUT2D eigenvalue weighted by Gasteiger charge is -2.22. The van der Waals surface area contributed by atoms with E-state index in [4.69, 9.17) is 0 Å². The van der Waals surface area contributed by atoms with Gasteiger partial charge in [-0.15, -0.1) is 0 Å². The average Bonchev–Trinajstić information content (AvgIpc) is 3.40. The van der Waals surface area contributed by atoms with Gasteiger partial charge in [-0.3, -0.25) is 0 Å². The van der Waals surface area contributed by atoms with Gasteiger partial charge in [0, 0.05) is 0 Å². The number of hydrogen-bond donors (Lipinski definition) is 0. The molecule has 0 unspecified atom stereocenters. The molecule has 0 aliphatic heterocycles. The summed E-state index contributed by atoms with van der Waals surface area (Å²) in [5, 5.41) is 2.48. The van der Waals surface area contributed by atoms with Crippen LogP contribution in [0.4, 0.5) is 0 Å². The first kappa shape index (κ1) is 42.9. The van der Waals surface area contributed by atoms with E-state index in [0.29, 0.717) is 11.8 Å². The lowest BCUT2D eigenvalue weighted by Crippen LogP contribution is -2.04. The maximum Gasteiger partial charge on any atom is -0.0105 e. The van der Waals surface area contributed by atoms with Crippen molar-refractivity contribution in [3.63, 3.8) is 0 Å². The fourth-order valence-electron chi connectivity index (χ4n) is 10.3. The molecule has 0 nitrogen and oxygen atoms in total. The van der Waals surface area contributed by atoms with Crippen LogP contribution in [0.5, 0.6) is 0 Å². The molecular formula is C66H60. The summed E-state index contributed by atoms with van der Waals surface area (Å²) in [5.41, 5.74) is 17.6. The highest BCUT2D eigenvalue weighted by molar-refractivity contribution is 5.94. The summed E-state index contributed by atoms with van der Waals surface area (Å²) in [6.07, 6.45) is 27.2. The SMILES string of the molecule is C(=Cc1cc2ccccc2cc1C=Cc1ccc(C=C(c2ccccc2)c2ccc(C3CCCCC3)cc2)cc1)c1ccc(C=C(c2ccccc2)c2ccc(C3CCCCC3)cc2)cc1. The molecule has 0 heteroatoms. The van der Waals surface area contributed by atoms with Gasteiger partial charge in [-0.1, -0.05) is 245 Å². The van der Waals surface area contributed by atoms with Crippen LogP contribution in [0.3, 0.4) is 0 Å². The van der Waals surface area contributed by atoms with Crippen molar-refractivity contribution in [2.75, 3.05) is 0 Å². The van der Waals surface area contributed by atoms with Gasteiger partial charge in [0.05, 0.1) is 0 Å². The smallest absolute Gasteiger partial charge is 0.0105 e. The zero-order valence-electron chi connectivity index (χ0n) is 38.2. The normalized spacial score (nSPS) is 15.5. The Balaban J connectivity index is 0.881. The van der Waals surface area contributed by atoms with Crippen LogP contribution >= 0.6 is 0 Å². The van der Waals surface area contributed by atoms with Crippen molar-refractivity contribution < 1.29 is 0 Å². The molecule has 0 saturated heterocycles. The number of hydrogen-bond acceptors (Lipinski definition) is 0. The Kier molecular flexibility index (Phi) is 13.6. The van der Waals surface area contributed by atoms with E-state index in [9.17, 15) is 0 Å². The molecule has 0 spiro atoms. The summed E-state index contributed by atoms with van der Waals surface area (Å²) >= 11 is 0. The molecule has 0 bridgehead atoms. The van der Waals surface area contributed by atoms with Gasteiger partial charge in [-0.05, 0) is 150 Å². The maximum atomic E-state index is 2.37. The van der Waals surface area contributed by atoms with Crippen LogP contribution in [0.15, 0.2) is 194 Å². The summed E-state index contributed by atoms with van der Waals surface area (Å²) in [4.78, 5) is 0. The third kappa shape index (κ3) is 10.6. The molecule has 2 saturated carbocycles. The van der Waals surface area contributed by atoms with E-state index in [-0.39, 0.29) is 0 Å². The van der Waals surface area contributed by atoms with Gasteiger partial charge in [0.15, 0.2) is 0 Å². The van der Waals surface area contributed by atoms with Gasteiger partial charge in [0.1, 0.15) is 0 Å². The molecule has 66 heavy (non-hydrogen) atoms. The summed E-state index contributed by atoms with van der Waals surface area (Å²) in [6, 6.07) is 71.7. The monoisotopic (exact) mass is 852 g/mol. The molecule has 0 heterocycles. The molecule has 8 aromatic carbocycles. The van der Waals surface area contributed by atoms with E-state index in [2.05, 4.69) is 231 Å². The summed E-state index contributed by atoms with van der Waals surface area (Å²) in [7, 11) is 0. The Bertz CT molecular complexity index is 2740. The fourth-order valence-corrected chi connectivity index (χ4v) is 10.3. The summed E-state index contributed by atoms with van der Waals surface area (Å²) in [5.74, 6) is 1.42. The molecule has 0 radical (unpaired) electrons. The van der Waals surface area contributed by atoms with Crippen molar-refractivity contribution in [3.05, 3.63) is 261 Å². The van der Waals surface area contributed by atoms with Crippen LogP contribution in [0.1, 0.15) is 143 Å². The molecule has 10 rings (SSSR count). The summed E-state index contributed by atoms with van der Waals surface area (Å²) < 4.78 is 0. The third-order valence-corrected chi connectivity index (χ3v) is 14.1. The second-order valence-corrected chi connectivity index (χ2v) is 18.6. The number of benzene rings is 8. The Morgan fingerprint density at radius 3 is 1.02 bits per heavy atom. The molecular weight excluding hydrogens is 793 g/mol. The van der Waals surface area contributed by atoms with Gasteiger partial charge >= 0.3 is 0 Å². The van der Waals surface area contributed by atoms with Crippen LogP contribution < -0.4 is 0 Å². The second kappa shape index (κ2) is 20.9. The van der Waals surface area contributed by atoms with E-state index < -0.39 is 0 Å². The van der Waals surface area contributed by atoms with Crippen molar-refractivity contribution in [3.8, 4) is 0 Å². The van der Waals surface area contributed by atoms with Crippen molar-refractivity contribution >= 4 is 58.4 Å². The first-order valence-corrected chi connectivity index (χ1v) is 24.5. The average molecular weight is 853 g/mol. The molecule has 2 fully saturated rings. The van der Waals surface area contributed by atoms with Crippen LogP contribution in [-0.4, -0.2) is 0 Å². The Morgan fingerprint density at radius 2 is 0.636 bits per heavy atom. The summed E-state index contributed by atoms with van der Waals surface area (Å²) in [6.45, 7) is 0. The zero-order valence-corrected chi connectivity index (χ0v) is 38.2. The van der Waals surface area contributed by atoms with E-state index in [1.165, 1.54) is 153 Å². The van der Waals surface area contributed by atoms with Crippen molar-refractivity contribution in [1.82, 2.24) is 0 Å². The molecule has 0 aromatic heterocycles. The predicted molar refractivity (Wildman–Crippen MR) is 286 cm³/mol. The zero-order chi connectivity index (χ0) is 44.3. The first-order valence-electron chi connectivity index (χ1n) is 24.5. The van der Waals surface area contributed by atoms with Gasteiger partial charge in [0.2, 0.25) is 0 Å². The van der Waals surface area contributed by atoms with E-state index in [1.807, 2.05) is 0 Å². The second-order valence-electron chi connectivity index (χ2n) is 18.6. The Hall–Kier alpha value is -7.02. The molecule has 2 aliphatic carbocycles. The van der Waals surface area contributed by atoms with Gasteiger partial charge in [0.25, 0.3) is 0 Å². The minimum Gasteiger partial charge on any atom is -0.0622 e. The highest BCUT2D eigenvalue weighted by atomic mass is 14.2. The third-order valence-electron chi connectivity index (χ3n) is 14.1. The van der Waals surface area contributed by atoms with Crippen LogP contribution in [0, 0.1) is 0 Å². The van der Waals surface area contributed by atoms with Crippen LogP contribution in [0.25, 0.3) is 58.4 Å². The highest BCUT2D eigenvalue weighted by Crippen LogP contribution is 2.36. The minimum absolute atomic E-state index is 0.708. The molecule has 0 amide bonds. The van der Waals surface area contributed by atoms with Gasteiger partial charge < -0.3 is 0 Å². The molecule has 324 valence electrons. The lowest BCUT2D eigenvalue weighted by atomic mass is 9.83.